The minimum absolute atomic E-state index is 0.0849. The van der Waals surface area contributed by atoms with Crippen LogP contribution in [-0.4, -0.2) is 21.5 Å². The molecule has 6 nitrogen and oxygen atoms in total. The Morgan fingerprint density at radius 3 is 2.59 bits per heavy atom. The highest BCUT2D eigenvalue weighted by Crippen LogP contribution is 2.21. The topological polar surface area (TPSA) is 98.5 Å². The van der Waals surface area contributed by atoms with Crippen molar-refractivity contribution in [2.45, 2.75) is 24.7 Å². The lowest BCUT2D eigenvalue weighted by molar-refractivity contribution is -0.117. The third kappa shape index (κ3) is 3.86. The lowest BCUT2D eigenvalue weighted by Gasteiger charge is -2.04. The fourth-order valence-electron chi connectivity index (χ4n) is 1.89. The van der Waals surface area contributed by atoms with Crippen molar-refractivity contribution < 1.29 is 13.5 Å². The molecule has 22 heavy (non-hydrogen) atoms. The largest absolute Gasteiger partial charge is 0.399 e. The van der Waals surface area contributed by atoms with E-state index in [1.165, 1.54) is 6.26 Å². The van der Waals surface area contributed by atoms with Gasteiger partial charge in [0.05, 0.1) is 15.4 Å². The van der Waals surface area contributed by atoms with Gasteiger partial charge in [-0.1, -0.05) is 5.16 Å². The summed E-state index contributed by atoms with van der Waals surface area (Å²) in [6, 6.07) is 6.46. The Hall–Kier alpha value is -1.86. The first kappa shape index (κ1) is 16.5. The van der Waals surface area contributed by atoms with Crippen LogP contribution in [0.25, 0.3) is 0 Å². The highest BCUT2D eigenvalue weighted by Gasteiger charge is 2.14. The van der Waals surface area contributed by atoms with Gasteiger partial charge in [-0.2, -0.15) is 4.36 Å². The Morgan fingerprint density at radius 1 is 1.41 bits per heavy atom. The Labute approximate surface area is 133 Å². The third-order valence-corrected chi connectivity index (χ3v) is 5.12. The van der Waals surface area contributed by atoms with Gasteiger partial charge in [0.15, 0.2) is 0 Å². The van der Waals surface area contributed by atoms with E-state index < -0.39 is 15.6 Å². The average Bonchev–Trinajstić information content (AvgIpc) is 2.76. The van der Waals surface area contributed by atoms with Crippen molar-refractivity contribution in [3.8, 4) is 0 Å². The molecule has 8 heteroatoms. The first-order chi connectivity index (χ1) is 10.3. The molecule has 0 saturated heterocycles. The Morgan fingerprint density at radius 2 is 2.05 bits per heavy atom. The number of carbonyl (C=O) groups excluding carboxylic acids is 1. The minimum Gasteiger partial charge on any atom is -0.399 e. The molecule has 1 heterocycles. The van der Waals surface area contributed by atoms with Crippen LogP contribution in [0.1, 0.15) is 17.7 Å². The summed E-state index contributed by atoms with van der Waals surface area (Å²) in [5.74, 6) is -0.457. The average molecular weight is 342 g/mol. The van der Waals surface area contributed by atoms with Crippen LogP contribution in [0.5, 0.6) is 0 Å². The predicted octanol–water partition coefficient (Wildman–Crippen LogP) is 2.83. The summed E-state index contributed by atoms with van der Waals surface area (Å²) < 4.78 is 21.2. The van der Waals surface area contributed by atoms with Crippen LogP contribution >= 0.6 is 11.6 Å². The van der Waals surface area contributed by atoms with E-state index in [9.17, 15) is 9.00 Å². The van der Waals surface area contributed by atoms with Crippen molar-refractivity contribution >= 4 is 32.9 Å². The molecule has 0 aliphatic heterocycles. The maximum absolute atomic E-state index is 12.5. The standard InChI is InChI=1S/C14H16ClN3O3S/c1-9-12(14(15)21-17-9)7-8-13(19)18-22(2,20)11-5-3-10(16)4-6-11/h3-6H,7-8,16H2,1-2H3. The molecule has 0 bridgehead atoms. The minimum atomic E-state index is -2.79. The highest BCUT2D eigenvalue weighted by atomic mass is 35.5. The van der Waals surface area contributed by atoms with Gasteiger partial charge in [0.1, 0.15) is 0 Å². The normalized spacial score (nSPS) is 13.6. The number of anilines is 1. The molecule has 0 fully saturated rings. The smallest absolute Gasteiger partial charge is 0.254 e. The highest BCUT2D eigenvalue weighted by molar-refractivity contribution is 7.93. The molecule has 0 saturated carbocycles. The van der Waals surface area contributed by atoms with E-state index in [2.05, 4.69) is 9.52 Å². The van der Waals surface area contributed by atoms with Crippen molar-refractivity contribution in [1.29, 1.82) is 0 Å². The number of amides is 1. The number of hydrogen-bond donors (Lipinski definition) is 1. The van der Waals surface area contributed by atoms with E-state index in [0.717, 1.165) is 0 Å². The predicted molar refractivity (Wildman–Crippen MR) is 85.2 cm³/mol. The van der Waals surface area contributed by atoms with Crippen molar-refractivity contribution in [1.82, 2.24) is 5.16 Å². The van der Waals surface area contributed by atoms with Gasteiger partial charge in [0, 0.05) is 28.8 Å². The van der Waals surface area contributed by atoms with Gasteiger partial charge >= 0.3 is 0 Å². The van der Waals surface area contributed by atoms with Gasteiger partial charge in [-0.15, -0.1) is 0 Å². The molecule has 1 aromatic heterocycles. The summed E-state index contributed by atoms with van der Waals surface area (Å²) in [4.78, 5) is 12.4. The Balaban J connectivity index is 2.12. The number of aromatic nitrogens is 1. The van der Waals surface area contributed by atoms with Gasteiger partial charge in [0.2, 0.25) is 5.22 Å². The quantitative estimate of drug-likeness (QED) is 0.862. The third-order valence-electron chi connectivity index (χ3n) is 3.12. The molecule has 2 aromatic rings. The second kappa shape index (κ2) is 6.50. The number of rotatable bonds is 4. The molecule has 1 unspecified atom stereocenters. The molecule has 2 rings (SSSR count). The van der Waals surface area contributed by atoms with Gasteiger partial charge < -0.3 is 10.3 Å². The van der Waals surface area contributed by atoms with E-state index in [1.54, 1.807) is 31.2 Å². The summed E-state index contributed by atoms with van der Waals surface area (Å²) in [7, 11) is -2.79. The zero-order chi connectivity index (χ0) is 16.3. The molecule has 2 N–H and O–H groups in total. The number of nitrogen functional groups attached to an aromatic ring is 1. The van der Waals surface area contributed by atoms with Crippen LogP contribution in [0.4, 0.5) is 5.69 Å². The number of nitrogens with zero attached hydrogens (tertiary/aromatic N) is 2. The molecule has 0 aliphatic rings. The first-order valence-electron chi connectivity index (χ1n) is 6.51. The van der Waals surface area contributed by atoms with Crippen LogP contribution in [0.15, 0.2) is 38.0 Å². The maximum Gasteiger partial charge on any atom is 0.254 e. The second-order valence-electron chi connectivity index (χ2n) is 4.88. The fraction of sp³-hybridized carbons (Fsp3) is 0.286. The van der Waals surface area contributed by atoms with E-state index in [4.69, 9.17) is 21.9 Å². The summed E-state index contributed by atoms with van der Waals surface area (Å²) in [5, 5.41) is 3.87. The summed E-state index contributed by atoms with van der Waals surface area (Å²) in [5.41, 5.74) is 7.44. The molecule has 0 aliphatic carbocycles. The lowest BCUT2D eigenvalue weighted by Crippen LogP contribution is -2.05. The molecular formula is C14H16ClN3O3S. The van der Waals surface area contributed by atoms with E-state index in [0.29, 0.717) is 28.3 Å². The maximum atomic E-state index is 12.5. The monoisotopic (exact) mass is 341 g/mol. The van der Waals surface area contributed by atoms with Gasteiger partial charge in [0.25, 0.3) is 5.91 Å². The molecule has 1 atom stereocenters. The van der Waals surface area contributed by atoms with Gasteiger partial charge in [-0.3, -0.25) is 4.79 Å². The van der Waals surface area contributed by atoms with Crippen LogP contribution in [-0.2, 0) is 20.9 Å². The first-order valence-corrected chi connectivity index (χ1v) is 8.81. The Kier molecular flexibility index (Phi) is 4.87. The number of hydrogen-bond acceptors (Lipinski definition) is 5. The Bertz CT molecular complexity index is 786. The van der Waals surface area contributed by atoms with E-state index in [1.807, 2.05) is 0 Å². The zero-order valence-electron chi connectivity index (χ0n) is 12.2. The number of nitrogens with two attached hydrogens (primary N) is 1. The number of carbonyl (C=O) groups is 1. The SMILES string of the molecule is Cc1noc(Cl)c1CCC(=O)N=S(C)(=O)c1ccc(N)cc1. The van der Waals surface area contributed by atoms with Crippen LogP contribution in [0, 0.1) is 6.92 Å². The van der Waals surface area contributed by atoms with Crippen LogP contribution < -0.4 is 5.73 Å². The lowest BCUT2D eigenvalue weighted by atomic mass is 10.1. The van der Waals surface area contributed by atoms with Crippen molar-refractivity contribution in [3.63, 3.8) is 0 Å². The number of halogens is 1. The van der Waals surface area contributed by atoms with Gasteiger partial charge in [-0.05, 0) is 49.2 Å². The van der Waals surface area contributed by atoms with Crippen molar-refractivity contribution in [3.05, 3.63) is 40.7 Å². The van der Waals surface area contributed by atoms with Gasteiger partial charge in [-0.25, -0.2) is 4.21 Å². The molecule has 118 valence electrons. The molecule has 0 radical (unpaired) electrons. The van der Waals surface area contributed by atoms with E-state index >= 15 is 0 Å². The fourth-order valence-corrected chi connectivity index (χ4v) is 3.38. The van der Waals surface area contributed by atoms with Crippen molar-refractivity contribution in [2.75, 3.05) is 12.0 Å². The summed E-state index contributed by atoms with van der Waals surface area (Å²) in [6.45, 7) is 1.74. The molecule has 1 amide bonds. The second-order valence-corrected chi connectivity index (χ2v) is 7.48. The van der Waals surface area contributed by atoms with Crippen LogP contribution in [0.3, 0.4) is 0 Å². The number of aryl methyl sites for hydroxylation is 1. The zero-order valence-corrected chi connectivity index (χ0v) is 13.8. The number of benzene rings is 1. The summed E-state index contributed by atoms with van der Waals surface area (Å²) >= 11 is 5.83. The molecular weight excluding hydrogens is 326 g/mol. The van der Waals surface area contributed by atoms with Crippen molar-refractivity contribution in [2.24, 2.45) is 4.36 Å². The van der Waals surface area contributed by atoms with Crippen LogP contribution in [0.2, 0.25) is 5.22 Å². The van der Waals surface area contributed by atoms with E-state index in [-0.39, 0.29) is 11.6 Å². The molecule has 1 aromatic carbocycles. The summed E-state index contributed by atoms with van der Waals surface area (Å²) in [6.07, 6.45) is 1.85. The molecule has 0 spiro atoms.